The van der Waals surface area contributed by atoms with Crippen LogP contribution in [0.3, 0.4) is 0 Å². The van der Waals surface area contributed by atoms with E-state index in [1.54, 1.807) is 0 Å². The molecule has 9 heavy (non-hydrogen) atoms. The van der Waals surface area contributed by atoms with E-state index in [9.17, 15) is 0 Å². The average Bonchev–Trinajstić information content (AvgIpc) is 2.15. The Morgan fingerprint density at radius 2 is 2.56 bits per heavy atom. The van der Waals surface area contributed by atoms with Gasteiger partial charge in [-0.05, 0) is 12.8 Å². The molecule has 0 saturated carbocycles. The molecule has 1 heterocycles. The van der Waals surface area contributed by atoms with Crippen LogP contribution in [0.2, 0.25) is 0 Å². The Hall–Kier alpha value is -0.150. The monoisotopic (exact) mass is 145 g/mol. The summed E-state index contributed by atoms with van der Waals surface area (Å²) in [6, 6.07) is 0. The highest BCUT2D eigenvalue weighted by Gasteiger charge is 2.15. The lowest BCUT2D eigenvalue weighted by Crippen LogP contribution is -2.17. The van der Waals surface area contributed by atoms with E-state index < -0.39 is 0 Å². The van der Waals surface area contributed by atoms with Gasteiger partial charge < -0.3 is 10.5 Å². The van der Waals surface area contributed by atoms with Gasteiger partial charge in [0, 0.05) is 13.0 Å². The number of hydrogen-bond donors (Lipinski definition) is 1. The van der Waals surface area contributed by atoms with Gasteiger partial charge in [-0.25, -0.2) is 0 Å². The van der Waals surface area contributed by atoms with Crippen LogP contribution in [0.5, 0.6) is 0 Å². The Bertz CT molecular complexity index is 110. The van der Waals surface area contributed by atoms with Gasteiger partial charge in [0.25, 0.3) is 0 Å². The van der Waals surface area contributed by atoms with Crippen molar-refractivity contribution < 1.29 is 4.74 Å². The molecule has 0 radical (unpaired) electrons. The predicted molar refractivity (Wildman–Crippen MR) is 40.4 cm³/mol. The molecule has 1 aliphatic rings. The van der Waals surface area contributed by atoms with Crippen molar-refractivity contribution in [2.45, 2.75) is 25.4 Å². The van der Waals surface area contributed by atoms with E-state index in [1.165, 1.54) is 0 Å². The SMILES string of the molecule is NC(=S)C[C@@H]1CCCO1. The van der Waals surface area contributed by atoms with Crippen LogP contribution >= 0.6 is 12.2 Å². The number of thiocarbonyl (C=S) groups is 1. The van der Waals surface area contributed by atoms with E-state index in [0.717, 1.165) is 25.9 Å². The second-order valence-corrected chi connectivity index (χ2v) is 2.83. The van der Waals surface area contributed by atoms with Crippen molar-refractivity contribution in [1.29, 1.82) is 0 Å². The third-order valence-corrected chi connectivity index (χ3v) is 1.62. The van der Waals surface area contributed by atoms with Gasteiger partial charge in [0.2, 0.25) is 0 Å². The van der Waals surface area contributed by atoms with Crippen LogP contribution in [0.4, 0.5) is 0 Å². The van der Waals surface area contributed by atoms with E-state index in [0.29, 0.717) is 11.1 Å². The summed E-state index contributed by atoms with van der Waals surface area (Å²) in [5, 5.41) is 0. The molecular formula is C6H11NOS. The highest BCUT2D eigenvalue weighted by molar-refractivity contribution is 7.80. The Morgan fingerprint density at radius 3 is 3.00 bits per heavy atom. The molecule has 0 bridgehead atoms. The van der Waals surface area contributed by atoms with Crippen LogP contribution in [0.15, 0.2) is 0 Å². The standard InChI is InChI=1S/C6H11NOS/c7-6(9)4-5-2-1-3-8-5/h5H,1-4H2,(H2,7,9)/t5-/m0/s1. The molecule has 2 nitrogen and oxygen atoms in total. The molecule has 52 valence electrons. The van der Waals surface area contributed by atoms with E-state index in [2.05, 4.69) is 0 Å². The van der Waals surface area contributed by atoms with Crippen LogP contribution in [0.25, 0.3) is 0 Å². The zero-order valence-corrected chi connectivity index (χ0v) is 6.12. The molecule has 0 aromatic carbocycles. The summed E-state index contributed by atoms with van der Waals surface area (Å²) in [6.45, 7) is 0.882. The third kappa shape index (κ3) is 2.28. The molecule has 1 atom stereocenters. The quantitative estimate of drug-likeness (QED) is 0.585. The van der Waals surface area contributed by atoms with Crippen molar-refractivity contribution in [2.24, 2.45) is 5.73 Å². The van der Waals surface area contributed by atoms with Crippen molar-refractivity contribution in [1.82, 2.24) is 0 Å². The highest BCUT2D eigenvalue weighted by atomic mass is 32.1. The van der Waals surface area contributed by atoms with E-state index >= 15 is 0 Å². The minimum Gasteiger partial charge on any atom is -0.393 e. The Kier molecular flexibility index (Phi) is 2.42. The minimum absolute atomic E-state index is 0.322. The molecule has 0 aromatic heterocycles. The zero-order valence-electron chi connectivity index (χ0n) is 5.30. The van der Waals surface area contributed by atoms with Gasteiger partial charge in [0.1, 0.15) is 0 Å². The fraction of sp³-hybridized carbons (Fsp3) is 0.833. The maximum Gasteiger partial charge on any atom is 0.0753 e. The number of ether oxygens (including phenoxy) is 1. The lowest BCUT2D eigenvalue weighted by Gasteiger charge is -2.05. The van der Waals surface area contributed by atoms with E-state index in [4.69, 9.17) is 22.7 Å². The molecule has 0 aliphatic carbocycles. The second-order valence-electron chi connectivity index (χ2n) is 2.31. The fourth-order valence-corrected chi connectivity index (χ4v) is 1.22. The molecule has 1 fully saturated rings. The van der Waals surface area contributed by atoms with Crippen LogP contribution in [-0.4, -0.2) is 17.7 Å². The maximum absolute atomic E-state index is 5.32. The van der Waals surface area contributed by atoms with Gasteiger partial charge in [-0.15, -0.1) is 0 Å². The Labute approximate surface area is 60.4 Å². The first-order valence-electron chi connectivity index (χ1n) is 3.19. The van der Waals surface area contributed by atoms with Crippen LogP contribution in [0.1, 0.15) is 19.3 Å². The number of hydrogen-bond acceptors (Lipinski definition) is 2. The summed E-state index contributed by atoms with van der Waals surface area (Å²) in [7, 11) is 0. The summed E-state index contributed by atoms with van der Waals surface area (Å²) in [6.07, 6.45) is 3.36. The van der Waals surface area contributed by atoms with Crippen LogP contribution in [0, 0.1) is 0 Å². The molecule has 1 rings (SSSR count). The van der Waals surface area contributed by atoms with Gasteiger partial charge in [-0.3, -0.25) is 0 Å². The van der Waals surface area contributed by atoms with Gasteiger partial charge in [-0.1, -0.05) is 12.2 Å². The van der Waals surface area contributed by atoms with Crippen molar-refractivity contribution >= 4 is 17.2 Å². The molecule has 1 saturated heterocycles. The topological polar surface area (TPSA) is 35.2 Å². The molecule has 0 spiro atoms. The fourth-order valence-electron chi connectivity index (χ4n) is 1.03. The first kappa shape index (κ1) is 6.96. The van der Waals surface area contributed by atoms with Crippen molar-refractivity contribution in [3.63, 3.8) is 0 Å². The third-order valence-electron chi connectivity index (χ3n) is 1.45. The average molecular weight is 145 g/mol. The predicted octanol–water partition coefficient (Wildman–Crippen LogP) is 0.842. The molecule has 0 unspecified atom stereocenters. The molecular weight excluding hydrogens is 134 g/mol. The van der Waals surface area contributed by atoms with Crippen LogP contribution < -0.4 is 5.73 Å². The lowest BCUT2D eigenvalue weighted by molar-refractivity contribution is 0.117. The summed E-state index contributed by atoms with van der Waals surface area (Å²) < 4.78 is 5.30. The van der Waals surface area contributed by atoms with E-state index in [-0.39, 0.29) is 0 Å². The summed E-state index contributed by atoms with van der Waals surface area (Å²) in [5.74, 6) is 0. The normalized spacial score (nSPS) is 26.4. The van der Waals surface area contributed by atoms with Gasteiger partial charge in [0.15, 0.2) is 0 Å². The summed E-state index contributed by atoms with van der Waals surface area (Å²) in [4.78, 5) is 0.571. The smallest absolute Gasteiger partial charge is 0.0753 e. The van der Waals surface area contributed by atoms with E-state index in [1.807, 2.05) is 0 Å². The van der Waals surface area contributed by atoms with Crippen molar-refractivity contribution in [3.05, 3.63) is 0 Å². The zero-order chi connectivity index (χ0) is 6.69. The molecule has 2 N–H and O–H groups in total. The lowest BCUT2D eigenvalue weighted by atomic mass is 10.2. The largest absolute Gasteiger partial charge is 0.393 e. The van der Waals surface area contributed by atoms with Gasteiger partial charge >= 0.3 is 0 Å². The molecule has 0 amide bonds. The number of nitrogens with two attached hydrogens (primary N) is 1. The Morgan fingerprint density at radius 1 is 1.78 bits per heavy atom. The number of rotatable bonds is 2. The molecule has 3 heteroatoms. The Balaban J connectivity index is 2.19. The van der Waals surface area contributed by atoms with Gasteiger partial charge in [0.05, 0.1) is 11.1 Å². The van der Waals surface area contributed by atoms with Crippen molar-refractivity contribution in [2.75, 3.05) is 6.61 Å². The second kappa shape index (κ2) is 3.13. The molecule has 0 aromatic rings. The van der Waals surface area contributed by atoms with Gasteiger partial charge in [-0.2, -0.15) is 0 Å². The molecule has 1 aliphatic heterocycles. The minimum atomic E-state index is 0.322. The first-order valence-corrected chi connectivity index (χ1v) is 3.60. The first-order chi connectivity index (χ1) is 4.29. The van der Waals surface area contributed by atoms with Crippen LogP contribution in [-0.2, 0) is 4.74 Å². The summed E-state index contributed by atoms with van der Waals surface area (Å²) >= 11 is 4.73. The maximum atomic E-state index is 5.32. The highest BCUT2D eigenvalue weighted by Crippen LogP contribution is 2.14. The van der Waals surface area contributed by atoms with Crippen molar-refractivity contribution in [3.8, 4) is 0 Å². The summed E-state index contributed by atoms with van der Waals surface area (Å²) in [5.41, 5.74) is 5.32.